The van der Waals surface area contributed by atoms with Crippen LogP contribution in [0, 0.1) is 4.91 Å². The smallest absolute Gasteiger partial charge is 0.369 e. The molecule has 2 heterocycles. The third-order valence-corrected chi connectivity index (χ3v) is 6.86. The Morgan fingerprint density at radius 2 is 1.80 bits per heavy atom. The molecule has 35 heavy (non-hydrogen) atoms. The van der Waals surface area contributed by atoms with Crippen LogP contribution >= 0.6 is 0 Å². The fourth-order valence-electron chi connectivity index (χ4n) is 3.73. The number of sulfone groups is 1. The molecule has 0 amide bonds. The summed E-state index contributed by atoms with van der Waals surface area (Å²) >= 11 is 0. The van der Waals surface area contributed by atoms with E-state index in [0.29, 0.717) is 5.56 Å². The van der Waals surface area contributed by atoms with Gasteiger partial charge in [-0.2, -0.15) is 4.98 Å². The maximum Gasteiger partial charge on any atom is 0.376 e. The first-order valence-corrected chi connectivity index (χ1v) is 12.9. The van der Waals surface area contributed by atoms with Crippen molar-refractivity contribution >= 4 is 38.7 Å². The maximum atomic E-state index is 11.8. The minimum Gasteiger partial charge on any atom is -0.369 e. The zero-order valence-electron chi connectivity index (χ0n) is 19.5. The molecule has 0 atom stereocenters. The van der Waals surface area contributed by atoms with Crippen LogP contribution in [0.3, 0.4) is 0 Å². The molecule has 0 unspecified atom stereocenters. The van der Waals surface area contributed by atoms with Crippen LogP contribution < -0.4 is 15.5 Å². The van der Waals surface area contributed by atoms with Gasteiger partial charge in [-0.15, -0.1) is 0 Å². The highest BCUT2D eigenvalue weighted by Gasteiger charge is 2.22. The summed E-state index contributed by atoms with van der Waals surface area (Å²) in [7, 11) is -1.23. The summed E-state index contributed by atoms with van der Waals surface area (Å²) in [5, 5.41) is 15.5. The van der Waals surface area contributed by atoms with E-state index in [4.69, 9.17) is 0 Å². The second-order valence-corrected chi connectivity index (χ2v) is 10.5. The average molecular weight is 499 g/mol. The van der Waals surface area contributed by atoms with Crippen molar-refractivity contribution in [2.75, 3.05) is 55.0 Å². The molecular weight excluding hydrogens is 470 g/mol. The van der Waals surface area contributed by atoms with Gasteiger partial charge in [0.15, 0.2) is 9.84 Å². The fraction of sp³-hybridized carbons (Fsp3) is 0.304. The van der Waals surface area contributed by atoms with E-state index in [9.17, 15) is 18.5 Å². The van der Waals surface area contributed by atoms with E-state index < -0.39 is 9.84 Å². The molecule has 1 saturated heterocycles. The number of nitrogens with zero attached hydrogens (tertiary/aromatic N) is 5. The van der Waals surface area contributed by atoms with E-state index in [1.807, 2.05) is 24.3 Å². The van der Waals surface area contributed by atoms with Crippen molar-refractivity contribution in [1.82, 2.24) is 14.9 Å². The Labute approximate surface area is 203 Å². The number of rotatable bonds is 8. The summed E-state index contributed by atoms with van der Waals surface area (Å²) in [6.07, 6.45) is 2.34. The average Bonchev–Trinajstić information content (AvgIpc) is 2.83. The Hall–Kier alpha value is -3.77. The molecule has 11 nitrogen and oxygen atoms in total. The molecule has 1 fully saturated rings. The van der Waals surface area contributed by atoms with Gasteiger partial charge in [0.1, 0.15) is 6.20 Å². The molecular formula is C23H28N7O4S+. The normalized spacial score (nSPS) is 14.5. The van der Waals surface area contributed by atoms with Gasteiger partial charge in [-0.05, 0) is 49.0 Å². The van der Waals surface area contributed by atoms with Crippen molar-refractivity contribution in [2.45, 2.75) is 11.4 Å². The van der Waals surface area contributed by atoms with Crippen molar-refractivity contribution < 1.29 is 18.5 Å². The maximum absolute atomic E-state index is 11.8. The fourth-order valence-corrected chi connectivity index (χ4v) is 4.42. The van der Waals surface area contributed by atoms with Gasteiger partial charge < -0.3 is 20.4 Å². The highest BCUT2D eigenvalue weighted by atomic mass is 32.2. The van der Waals surface area contributed by atoms with Gasteiger partial charge in [-0.3, -0.25) is 0 Å². The minimum atomic E-state index is -3.35. The van der Waals surface area contributed by atoms with Gasteiger partial charge in [0.25, 0.3) is 4.92 Å². The number of nitrogens with one attached hydrogen (secondary N) is 2. The Bertz CT molecular complexity index is 1310. The molecule has 3 N–H and O–H groups in total. The van der Waals surface area contributed by atoms with Crippen LogP contribution in [0.1, 0.15) is 5.56 Å². The van der Waals surface area contributed by atoms with Crippen molar-refractivity contribution in [3.05, 3.63) is 65.2 Å². The van der Waals surface area contributed by atoms with E-state index in [1.165, 1.54) is 18.3 Å². The first-order chi connectivity index (χ1) is 16.7. The highest BCUT2D eigenvalue weighted by molar-refractivity contribution is 7.90. The highest BCUT2D eigenvalue weighted by Crippen LogP contribution is 2.25. The molecule has 3 aromatic rings. The van der Waals surface area contributed by atoms with E-state index in [2.05, 4.69) is 37.4 Å². The van der Waals surface area contributed by atoms with E-state index in [1.54, 1.807) is 12.1 Å². The zero-order valence-corrected chi connectivity index (χ0v) is 20.4. The van der Waals surface area contributed by atoms with Crippen molar-refractivity contribution in [1.29, 1.82) is 0 Å². The quantitative estimate of drug-likeness (QED) is 0.399. The molecule has 0 saturated carbocycles. The molecule has 2 aromatic carbocycles. The monoisotopic (exact) mass is 498 g/mol. The number of piperazine rings is 1. The van der Waals surface area contributed by atoms with Crippen LogP contribution in [0.5, 0.6) is 0 Å². The third-order valence-electron chi connectivity index (χ3n) is 5.75. The second-order valence-electron chi connectivity index (χ2n) is 8.44. The van der Waals surface area contributed by atoms with Gasteiger partial charge in [0, 0.05) is 50.4 Å². The van der Waals surface area contributed by atoms with Crippen molar-refractivity contribution in [2.24, 2.45) is 0 Å². The number of hydrogen-bond donors (Lipinski definition) is 3. The number of benzene rings is 2. The molecule has 1 aliphatic heterocycles. The lowest BCUT2D eigenvalue weighted by Crippen LogP contribution is -2.44. The van der Waals surface area contributed by atoms with E-state index in [-0.39, 0.29) is 33.8 Å². The molecule has 12 heteroatoms. The van der Waals surface area contributed by atoms with Crippen molar-refractivity contribution in [3.8, 4) is 0 Å². The molecule has 0 radical (unpaired) electrons. The largest absolute Gasteiger partial charge is 0.376 e. The van der Waals surface area contributed by atoms with Gasteiger partial charge in [-0.1, -0.05) is 12.1 Å². The van der Waals surface area contributed by atoms with Crippen LogP contribution in [0.4, 0.5) is 28.8 Å². The van der Waals surface area contributed by atoms with Crippen LogP contribution in [-0.2, 0) is 16.4 Å². The summed E-state index contributed by atoms with van der Waals surface area (Å²) in [6, 6.07) is 14.4. The van der Waals surface area contributed by atoms with Crippen LogP contribution in [0.2, 0.25) is 0 Å². The third kappa shape index (κ3) is 6.22. The summed E-state index contributed by atoms with van der Waals surface area (Å²) in [4.78, 5) is 24.5. The van der Waals surface area contributed by atoms with Gasteiger partial charge >= 0.3 is 5.69 Å². The van der Waals surface area contributed by atoms with Crippen LogP contribution in [-0.4, -0.2) is 72.9 Å². The topological polar surface area (TPSA) is 131 Å². The number of hydrogen-bond acceptors (Lipinski definition) is 9. The Morgan fingerprint density at radius 1 is 1.09 bits per heavy atom. The minimum absolute atomic E-state index is 0.0961. The predicted octanol–water partition coefficient (Wildman–Crippen LogP) is 2.79. The van der Waals surface area contributed by atoms with E-state index in [0.717, 1.165) is 43.8 Å². The van der Waals surface area contributed by atoms with Gasteiger partial charge in [0.05, 0.1) is 9.80 Å². The number of anilines is 4. The lowest BCUT2D eigenvalue weighted by Gasteiger charge is -2.34. The standard InChI is InChI=1S/C23H28N7O4S/c1-28-10-12-29(13-11-28)19-8-6-18(7-9-19)26-23-25-16-21(30(31)32)22(27-23)24-15-17-4-3-5-20(14-17)35(2,33)34/h3-9,14,16H,10-13,15H2,1-2H3,(H,31,32)(H2,24,25,26,27)/q+1. The molecule has 0 aliphatic carbocycles. The van der Waals surface area contributed by atoms with Gasteiger partial charge in [0.2, 0.25) is 11.8 Å². The zero-order chi connectivity index (χ0) is 25.0. The van der Waals surface area contributed by atoms with Crippen LogP contribution in [0.25, 0.3) is 0 Å². The Balaban J connectivity index is 1.48. The predicted molar refractivity (Wildman–Crippen MR) is 133 cm³/mol. The number of likely N-dealkylation sites (N-methyl/N-ethyl adjacent to an activating group) is 1. The number of aromatic nitrogens is 2. The lowest BCUT2D eigenvalue weighted by molar-refractivity contribution is -0.729. The SMILES string of the molecule is CN1CCN(c2ccc(Nc3ncc([N+](=O)O)c(NCc4cccc(S(C)(=O)=O)c4)n3)cc2)CC1. The first kappa shape index (κ1) is 24.4. The molecule has 1 aliphatic rings. The Kier molecular flexibility index (Phi) is 7.12. The molecule has 1 aromatic heterocycles. The van der Waals surface area contributed by atoms with Crippen LogP contribution in [0.15, 0.2) is 59.6 Å². The second kappa shape index (κ2) is 10.2. The molecule has 0 bridgehead atoms. The summed E-state index contributed by atoms with van der Waals surface area (Å²) < 4.78 is 23.6. The van der Waals surface area contributed by atoms with Crippen molar-refractivity contribution in [3.63, 3.8) is 0 Å². The Morgan fingerprint density at radius 3 is 2.46 bits per heavy atom. The summed E-state index contributed by atoms with van der Waals surface area (Å²) in [5.74, 6) is 0.328. The summed E-state index contributed by atoms with van der Waals surface area (Å²) in [5.41, 5.74) is 2.41. The summed E-state index contributed by atoms with van der Waals surface area (Å²) in [6.45, 7) is 4.18. The van der Waals surface area contributed by atoms with E-state index >= 15 is 0 Å². The first-order valence-electron chi connectivity index (χ1n) is 11.1. The lowest BCUT2D eigenvalue weighted by atomic mass is 10.2. The molecule has 184 valence electrons. The molecule has 0 spiro atoms. The van der Waals surface area contributed by atoms with Gasteiger partial charge in [-0.25, -0.2) is 18.6 Å². The molecule has 4 rings (SSSR count).